The van der Waals surface area contributed by atoms with Crippen LogP contribution in [0.2, 0.25) is 0 Å². The Bertz CT molecular complexity index is 1310. The van der Waals surface area contributed by atoms with E-state index in [4.69, 9.17) is 15.9 Å². The first-order valence-corrected chi connectivity index (χ1v) is 10.1. The Labute approximate surface area is 182 Å². The number of primary amides is 1. The zero-order valence-corrected chi connectivity index (χ0v) is 17.0. The van der Waals surface area contributed by atoms with Crippen molar-refractivity contribution in [1.82, 2.24) is 29.2 Å². The fourth-order valence-electron chi connectivity index (χ4n) is 4.04. The lowest BCUT2D eigenvalue weighted by molar-refractivity contribution is 0.0698. The maximum Gasteiger partial charge on any atom is 0.271 e. The molecular formula is C21H20N8O3. The van der Waals surface area contributed by atoms with Gasteiger partial charge in [0.05, 0.1) is 12.0 Å². The van der Waals surface area contributed by atoms with E-state index < -0.39 is 5.91 Å². The lowest BCUT2D eigenvalue weighted by Gasteiger charge is -2.32. The van der Waals surface area contributed by atoms with Crippen LogP contribution in [0.3, 0.4) is 0 Å². The van der Waals surface area contributed by atoms with E-state index in [1.807, 2.05) is 6.07 Å². The number of amides is 2. The molecule has 11 nitrogen and oxygen atoms in total. The van der Waals surface area contributed by atoms with E-state index in [0.717, 1.165) is 18.5 Å². The molecule has 4 N–H and O–H groups in total. The van der Waals surface area contributed by atoms with Gasteiger partial charge < -0.3 is 20.8 Å². The average Bonchev–Trinajstić information content (AvgIpc) is 3.48. The summed E-state index contributed by atoms with van der Waals surface area (Å²) in [6.45, 7) is 1.07. The number of fused-ring (bicyclic) bond motifs is 1. The van der Waals surface area contributed by atoms with Crippen molar-refractivity contribution in [2.45, 2.75) is 18.8 Å². The summed E-state index contributed by atoms with van der Waals surface area (Å²) < 4.78 is 6.94. The van der Waals surface area contributed by atoms with Crippen LogP contribution in [0.15, 0.2) is 47.5 Å². The molecule has 1 aliphatic heterocycles. The number of rotatable bonds is 4. The monoisotopic (exact) mass is 432 g/mol. The van der Waals surface area contributed by atoms with Crippen LogP contribution in [-0.4, -0.2) is 54.1 Å². The average molecular weight is 432 g/mol. The van der Waals surface area contributed by atoms with Crippen LogP contribution in [0.25, 0.3) is 17.1 Å². The van der Waals surface area contributed by atoms with E-state index in [2.05, 4.69) is 19.9 Å². The molecule has 0 aliphatic carbocycles. The molecule has 4 aromatic rings. The van der Waals surface area contributed by atoms with Gasteiger partial charge in [0, 0.05) is 25.2 Å². The quantitative estimate of drug-likeness (QED) is 0.490. The van der Waals surface area contributed by atoms with Crippen LogP contribution in [0.1, 0.15) is 45.4 Å². The second-order valence-electron chi connectivity index (χ2n) is 7.58. The van der Waals surface area contributed by atoms with Gasteiger partial charge in [0.25, 0.3) is 11.8 Å². The number of nitrogen functional groups attached to an aromatic ring is 1. The molecule has 4 aromatic heterocycles. The molecule has 2 amide bonds. The second kappa shape index (κ2) is 7.76. The number of carbonyl (C=O) groups is 2. The van der Waals surface area contributed by atoms with Gasteiger partial charge in [-0.25, -0.2) is 19.9 Å². The fourth-order valence-corrected chi connectivity index (χ4v) is 4.04. The molecule has 5 rings (SSSR count). The summed E-state index contributed by atoms with van der Waals surface area (Å²) in [6, 6.07) is 6.90. The van der Waals surface area contributed by atoms with E-state index in [0.29, 0.717) is 30.2 Å². The van der Waals surface area contributed by atoms with E-state index in [-0.39, 0.29) is 29.1 Å². The summed E-state index contributed by atoms with van der Waals surface area (Å²) in [5, 5.41) is 0. The topological polar surface area (TPSA) is 159 Å². The summed E-state index contributed by atoms with van der Waals surface area (Å²) >= 11 is 0. The lowest BCUT2D eigenvalue weighted by Crippen LogP contribution is -2.40. The third-order valence-electron chi connectivity index (χ3n) is 5.55. The van der Waals surface area contributed by atoms with Crippen LogP contribution in [-0.2, 0) is 0 Å². The van der Waals surface area contributed by atoms with Crippen molar-refractivity contribution in [3.05, 3.63) is 60.1 Å². The largest absolute Gasteiger partial charge is 0.463 e. The van der Waals surface area contributed by atoms with Crippen molar-refractivity contribution >= 4 is 23.4 Å². The number of aromatic nitrogens is 5. The Morgan fingerprint density at radius 1 is 1.19 bits per heavy atom. The van der Waals surface area contributed by atoms with E-state index in [9.17, 15) is 9.59 Å². The summed E-state index contributed by atoms with van der Waals surface area (Å²) in [6.07, 6.45) is 6.22. The highest BCUT2D eigenvalue weighted by atomic mass is 16.3. The van der Waals surface area contributed by atoms with Crippen LogP contribution < -0.4 is 11.5 Å². The molecule has 0 bridgehead atoms. The molecule has 32 heavy (non-hydrogen) atoms. The van der Waals surface area contributed by atoms with Crippen LogP contribution in [0, 0.1) is 0 Å². The Kier molecular flexibility index (Phi) is 4.77. The van der Waals surface area contributed by atoms with Gasteiger partial charge in [0.15, 0.2) is 17.1 Å². The third kappa shape index (κ3) is 3.43. The first-order chi connectivity index (χ1) is 15.5. The number of anilines is 1. The molecule has 0 unspecified atom stereocenters. The first kappa shape index (κ1) is 19.7. The third-order valence-corrected chi connectivity index (χ3v) is 5.55. The summed E-state index contributed by atoms with van der Waals surface area (Å²) in [7, 11) is 0. The molecule has 1 atom stereocenters. The number of piperidine rings is 1. The molecule has 5 heterocycles. The zero-order chi connectivity index (χ0) is 22.2. The van der Waals surface area contributed by atoms with Crippen molar-refractivity contribution < 1.29 is 14.0 Å². The standard InChI is InChI=1S/C21H20N8O3/c22-18(30)17-19-26-14(16-4-2-8-32-16)9-15(29(19)11-25-17)20(31)28-7-1-3-12(10-28)13-5-6-24-21(23)27-13/h2,4-6,8-9,11-12H,1,3,7,10H2,(H2,22,30)(H2,23,24,27)/t12-/m1/s1. The predicted octanol–water partition coefficient (Wildman–Crippen LogP) is 1.48. The van der Waals surface area contributed by atoms with E-state index in [1.54, 1.807) is 29.3 Å². The number of likely N-dealkylation sites (tertiary alicyclic amines) is 1. The minimum Gasteiger partial charge on any atom is -0.463 e. The fraction of sp³-hybridized carbons (Fsp3) is 0.238. The molecule has 1 aliphatic rings. The number of hydrogen-bond donors (Lipinski definition) is 2. The Hall–Kier alpha value is -4.28. The second-order valence-corrected chi connectivity index (χ2v) is 7.58. The van der Waals surface area contributed by atoms with Crippen molar-refractivity contribution in [2.75, 3.05) is 18.8 Å². The van der Waals surface area contributed by atoms with Crippen molar-refractivity contribution in [2.24, 2.45) is 5.73 Å². The molecule has 0 radical (unpaired) electrons. The number of carbonyl (C=O) groups excluding carboxylic acids is 2. The van der Waals surface area contributed by atoms with Crippen molar-refractivity contribution in [3.63, 3.8) is 0 Å². The zero-order valence-electron chi connectivity index (χ0n) is 17.0. The van der Waals surface area contributed by atoms with Gasteiger partial charge in [-0.05, 0) is 37.1 Å². The molecule has 1 fully saturated rings. The Balaban J connectivity index is 1.54. The smallest absolute Gasteiger partial charge is 0.271 e. The molecule has 11 heteroatoms. The molecule has 0 saturated carbocycles. The number of hydrogen-bond acceptors (Lipinski definition) is 8. The highest BCUT2D eigenvalue weighted by molar-refractivity contribution is 5.99. The van der Waals surface area contributed by atoms with Gasteiger partial charge in [-0.15, -0.1) is 0 Å². The van der Waals surface area contributed by atoms with Crippen molar-refractivity contribution in [1.29, 1.82) is 0 Å². The van der Waals surface area contributed by atoms with E-state index in [1.165, 1.54) is 17.0 Å². The van der Waals surface area contributed by atoms with Gasteiger partial charge in [0.2, 0.25) is 5.95 Å². The maximum absolute atomic E-state index is 13.6. The molecular weight excluding hydrogens is 412 g/mol. The lowest BCUT2D eigenvalue weighted by atomic mass is 9.94. The molecule has 1 saturated heterocycles. The van der Waals surface area contributed by atoms with Crippen LogP contribution >= 0.6 is 0 Å². The predicted molar refractivity (Wildman–Crippen MR) is 114 cm³/mol. The van der Waals surface area contributed by atoms with Gasteiger partial charge in [-0.3, -0.25) is 14.0 Å². The minimum absolute atomic E-state index is 0.0135. The SMILES string of the molecule is NC(=O)c1ncn2c(C(=O)N3CCC[C@@H](c4ccnc(N)n4)C3)cc(-c3ccco3)nc12. The van der Waals surface area contributed by atoms with Gasteiger partial charge in [-0.2, -0.15) is 0 Å². The maximum atomic E-state index is 13.6. The molecule has 0 aromatic carbocycles. The summed E-state index contributed by atoms with van der Waals surface area (Å²) in [4.78, 5) is 44.0. The summed E-state index contributed by atoms with van der Waals surface area (Å²) in [5.41, 5.74) is 12.9. The van der Waals surface area contributed by atoms with E-state index >= 15 is 0 Å². The normalized spacial score (nSPS) is 16.4. The highest BCUT2D eigenvalue weighted by Crippen LogP contribution is 2.28. The Morgan fingerprint density at radius 3 is 2.81 bits per heavy atom. The number of nitrogens with two attached hydrogens (primary N) is 2. The first-order valence-electron chi connectivity index (χ1n) is 10.1. The molecule has 162 valence electrons. The number of nitrogens with zero attached hydrogens (tertiary/aromatic N) is 6. The van der Waals surface area contributed by atoms with Gasteiger partial charge >= 0.3 is 0 Å². The summed E-state index contributed by atoms with van der Waals surface area (Å²) in [5.74, 6) is -0.225. The van der Waals surface area contributed by atoms with Crippen LogP contribution in [0.4, 0.5) is 5.95 Å². The number of imidazole rings is 1. The molecule has 0 spiro atoms. The minimum atomic E-state index is -0.727. The van der Waals surface area contributed by atoms with Crippen molar-refractivity contribution in [3.8, 4) is 11.5 Å². The number of furan rings is 1. The van der Waals surface area contributed by atoms with Gasteiger partial charge in [-0.1, -0.05) is 0 Å². The van der Waals surface area contributed by atoms with Crippen LogP contribution in [0.5, 0.6) is 0 Å². The van der Waals surface area contributed by atoms with Gasteiger partial charge in [0.1, 0.15) is 17.7 Å². The highest BCUT2D eigenvalue weighted by Gasteiger charge is 2.29. The Morgan fingerprint density at radius 2 is 2.06 bits per heavy atom.